The van der Waals surface area contributed by atoms with E-state index in [4.69, 9.17) is 0 Å². The van der Waals surface area contributed by atoms with Gasteiger partial charge in [0.25, 0.3) is 0 Å². The van der Waals surface area contributed by atoms with E-state index in [9.17, 15) is 0 Å². The van der Waals surface area contributed by atoms with Gasteiger partial charge in [-0.2, -0.15) is 11.8 Å². The molecule has 1 aliphatic rings. The standard InChI is InChI=1S/C8H14.Y/c1-7-5-3-4-6-8(7)2;/h7-8H,1-6H2;/q-2;. The molecular formula is C8H14Y-2. The van der Waals surface area contributed by atoms with Crippen molar-refractivity contribution in [3.63, 3.8) is 0 Å². The minimum Gasteiger partial charge on any atom is -0.342 e. The molecule has 51 valence electrons. The van der Waals surface area contributed by atoms with Crippen LogP contribution in [0.15, 0.2) is 0 Å². The zero-order valence-electron chi connectivity index (χ0n) is 5.97. The van der Waals surface area contributed by atoms with E-state index in [2.05, 4.69) is 13.8 Å². The van der Waals surface area contributed by atoms with Gasteiger partial charge in [-0.15, -0.1) is 0 Å². The van der Waals surface area contributed by atoms with E-state index in [-0.39, 0.29) is 32.7 Å². The van der Waals surface area contributed by atoms with Crippen LogP contribution in [0.4, 0.5) is 0 Å². The maximum Gasteiger partial charge on any atom is 0 e. The molecular weight excluding hydrogens is 185 g/mol. The summed E-state index contributed by atoms with van der Waals surface area (Å²) >= 11 is 0. The summed E-state index contributed by atoms with van der Waals surface area (Å²) in [6.07, 6.45) is 5.35. The summed E-state index contributed by atoms with van der Waals surface area (Å²) in [5, 5.41) is 0. The molecule has 0 N–H and O–H groups in total. The van der Waals surface area contributed by atoms with E-state index in [1.54, 1.807) is 0 Å². The SMILES string of the molecule is [CH2-]C1CCCCC1[CH2-].[Y]. The van der Waals surface area contributed by atoms with Crippen LogP contribution in [-0.2, 0) is 32.7 Å². The third-order valence-corrected chi connectivity index (χ3v) is 2.07. The van der Waals surface area contributed by atoms with Crippen LogP contribution in [-0.4, -0.2) is 0 Å². The topological polar surface area (TPSA) is 0 Å². The van der Waals surface area contributed by atoms with Gasteiger partial charge in [-0.25, -0.2) is 0 Å². The Labute approximate surface area is 83.7 Å². The molecule has 1 radical (unpaired) electrons. The van der Waals surface area contributed by atoms with Crippen LogP contribution in [0.5, 0.6) is 0 Å². The zero-order valence-corrected chi connectivity index (χ0v) is 8.81. The number of hydrogen-bond donors (Lipinski definition) is 0. The van der Waals surface area contributed by atoms with Crippen molar-refractivity contribution in [3.8, 4) is 0 Å². The van der Waals surface area contributed by atoms with Crippen LogP contribution in [0, 0.1) is 25.7 Å². The summed E-state index contributed by atoms with van der Waals surface area (Å²) in [5.74, 6) is 1.28. The van der Waals surface area contributed by atoms with E-state index in [1.165, 1.54) is 25.7 Å². The van der Waals surface area contributed by atoms with Gasteiger partial charge in [-0.05, 0) is 0 Å². The first-order valence-electron chi connectivity index (χ1n) is 3.47. The first kappa shape index (κ1) is 10.1. The third kappa shape index (κ3) is 3.14. The van der Waals surface area contributed by atoms with Crippen molar-refractivity contribution in [2.24, 2.45) is 11.8 Å². The molecule has 1 saturated carbocycles. The van der Waals surface area contributed by atoms with Gasteiger partial charge in [0.1, 0.15) is 0 Å². The molecule has 0 bridgehead atoms. The minimum atomic E-state index is 0. The summed E-state index contributed by atoms with van der Waals surface area (Å²) in [7, 11) is 0. The van der Waals surface area contributed by atoms with Crippen molar-refractivity contribution < 1.29 is 32.7 Å². The average molecular weight is 199 g/mol. The van der Waals surface area contributed by atoms with Gasteiger partial charge in [-0.3, -0.25) is 0 Å². The van der Waals surface area contributed by atoms with Gasteiger partial charge in [0.2, 0.25) is 0 Å². The third-order valence-electron chi connectivity index (χ3n) is 2.07. The van der Waals surface area contributed by atoms with E-state index in [0.29, 0.717) is 11.8 Å². The molecule has 0 saturated heterocycles. The smallest absolute Gasteiger partial charge is 0 e. The maximum atomic E-state index is 4.02. The molecule has 0 spiro atoms. The Morgan fingerprint density at radius 3 is 1.44 bits per heavy atom. The predicted octanol–water partition coefficient (Wildman–Crippen LogP) is 2.46. The summed E-state index contributed by atoms with van der Waals surface area (Å²) in [6.45, 7) is 8.03. The fourth-order valence-electron chi connectivity index (χ4n) is 1.28. The van der Waals surface area contributed by atoms with Crippen molar-refractivity contribution >= 4 is 0 Å². The molecule has 1 aliphatic carbocycles. The Morgan fingerprint density at radius 2 is 1.22 bits per heavy atom. The quantitative estimate of drug-likeness (QED) is 0.525. The fraction of sp³-hybridized carbons (Fsp3) is 0.750. The molecule has 0 aromatic carbocycles. The van der Waals surface area contributed by atoms with Crippen LogP contribution in [0.25, 0.3) is 0 Å². The van der Waals surface area contributed by atoms with E-state index in [1.807, 2.05) is 0 Å². The molecule has 1 fully saturated rings. The van der Waals surface area contributed by atoms with Gasteiger partial charge in [0.05, 0.1) is 0 Å². The Kier molecular flexibility index (Phi) is 5.44. The summed E-state index contributed by atoms with van der Waals surface area (Å²) in [4.78, 5) is 0. The van der Waals surface area contributed by atoms with Crippen LogP contribution in [0.2, 0.25) is 0 Å². The summed E-state index contributed by atoms with van der Waals surface area (Å²) < 4.78 is 0. The van der Waals surface area contributed by atoms with Gasteiger partial charge in [-0.1, -0.05) is 25.7 Å². The molecule has 0 nitrogen and oxygen atoms in total. The Balaban J connectivity index is 0.000000640. The molecule has 2 unspecified atom stereocenters. The number of hydrogen-bond acceptors (Lipinski definition) is 0. The Hall–Kier alpha value is 1.10. The van der Waals surface area contributed by atoms with Crippen LogP contribution < -0.4 is 0 Å². The minimum absolute atomic E-state index is 0. The predicted molar refractivity (Wildman–Crippen MR) is 36.2 cm³/mol. The largest absolute Gasteiger partial charge is 0.342 e. The molecule has 9 heavy (non-hydrogen) atoms. The van der Waals surface area contributed by atoms with Crippen molar-refractivity contribution in [3.05, 3.63) is 13.8 Å². The van der Waals surface area contributed by atoms with Crippen molar-refractivity contribution in [2.45, 2.75) is 25.7 Å². The van der Waals surface area contributed by atoms with Crippen molar-refractivity contribution in [1.82, 2.24) is 0 Å². The summed E-state index contributed by atoms with van der Waals surface area (Å²) in [5.41, 5.74) is 0. The molecule has 0 aliphatic heterocycles. The second kappa shape index (κ2) is 4.85. The van der Waals surface area contributed by atoms with E-state index < -0.39 is 0 Å². The van der Waals surface area contributed by atoms with Gasteiger partial charge in [0, 0.05) is 32.7 Å². The van der Waals surface area contributed by atoms with Crippen LogP contribution >= 0.6 is 0 Å². The molecule has 0 aromatic rings. The van der Waals surface area contributed by atoms with E-state index >= 15 is 0 Å². The molecule has 1 rings (SSSR count). The van der Waals surface area contributed by atoms with Gasteiger partial charge in [0.15, 0.2) is 0 Å². The second-order valence-electron chi connectivity index (χ2n) is 2.80. The maximum absolute atomic E-state index is 4.02. The molecule has 1 heteroatoms. The Morgan fingerprint density at radius 1 is 0.889 bits per heavy atom. The monoisotopic (exact) mass is 199 g/mol. The normalized spacial score (nSPS) is 35.3. The van der Waals surface area contributed by atoms with Gasteiger partial charge < -0.3 is 13.8 Å². The van der Waals surface area contributed by atoms with Crippen molar-refractivity contribution in [2.75, 3.05) is 0 Å². The first-order valence-corrected chi connectivity index (χ1v) is 3.47. The molecule has 0 amide bonds. The Bertz CT molecular complexity index is 61.0. The van der Waals surface area contributed by atoms with Gasteiger partial charge >= 0.3 is 0 Å². The zero-order chi connectivity index (χ0) is 5.98. The number of rotatable bonds is 0. The fourth-order valence-corrected chi connectivity index (χ4v) is 1.28. The molecule has 0 aromatic heterocycles. The average Bonchev–Trinajstić information content (AvgIpc) is 1.77. The van der Waals surface area contributed by atoms with Crippen LogP contribution in [0.3, 0.4) is 0 Å². The first-order chi connectivity index (χ1) is 3.80. The molecule has 0 heterocycles. The van der Waals surface area contributed by atoms with Crippen molar-refractivity contribution in [1.29, 1.82) is 0 Å². The second-order valence-corrected chi connectivity index (χ2v) is 2.80. The summed E-state index contributed by atoms with van der Waals surface area (Å²) in [6, 6.07) is 0. The van der Waals surface area contributed by atoms with Crippen LogP contribution in [0.1, 0.15) is 25.7 Å². The molecule has 2 atom stereocenters. The van der Waals surface area contributed by atoms with E-state index in [0.717, 1.165) is 0 Å².